The van der Waals surface area contributed by atoms with Crippen LogP contribution in [-0.2, 0) is 6.18 Å². The lowest BCUT2D eigenvalue weighted by atomic mass is 10.2. The summed E-state index contributed by atoms with van der Waals surface area (Å²) in [6.07, 6.45) is 0.971. The number of nitrogens with zero attached hydrogens (tertiary/aromatic N) is 6. The van der Waals surface area contributed by atoms with Crippen molar-refractivity contribution in [3.63, 3.8) is 0 Å². The number of halogens is 3. The van der Waals surface area contributed by atoms with E-state index in [1.807, 2.05) is 9.80 Å². The van der Waals surface area contributed by atoms with Gasteiger partial charge < -0.3 is 14.5 Å². The molecule has 1 atom stereocenters. The summed E-state index contributed by atoms with van der Waals surface area (Å²) in [6.45, 7) is 1.31. The lowest BCUT2D eigenvalue weighted by molar-refractivity contribution is -0.141. The van der Waals surface area contributed by atoms with Crippen molar-refractivity contribution in [2.24, 2.45) is 0 Å². The maximum Gasteiger partial charge on any atom is 0.433 e. The molecule has 4 rings (SSSR count). The van der Waals surface area contributed by atoms with Gasteiger partial charge in [0.15, 0.2) is 0 Å². The molecule has 27 heavy (non-hydrogen) atoms. The zero-order valence-corrected chi connectivity index (χ0v) is 14.7. The van der Waals surface area contributed by atoms with Gasteiger partial charge in [0.05, 0.1) is 13.2 Å². The lowest BCUT2D eigenvalue weighted by Gasteiger charge is -2.29. The molecule has 0 spiro atoms. The van der Waals surface area contributed by atoms with Crippen molar-refractivity contribution in [1.82, 2.24) is 19.9 Å². The first-order valence-electron chi connectivity index (χ1n) is 8.76. The summed E-state index contributed by atoms with van der Waals surface area (Å²) in [7, 11) is 1.54. The van der Waals surface area contributed by atoms with Crippen LogP contribution in [0.25, 0.3) is 0 Å². The minimum Gasteiger partial charge on any atom is -0.481 e. The van der Waals surface area contributed by atoms with Crippen molar-refractivity contribution in [3.8, 4) is 5.88 Å². The highest BCUT2D eigenvalue weighted by atomic mass is 19.4. The maximum atomic E-state index is 13.0. The van der Waals surface area contributed by atoms with Gasteiger partial charge in [-0.15, -0.1) is 0 Å². The monoisotopic (exact) mass is 380 g/mol. The van der Waals surface area contributed by atoms with E-state index in [-0.39, 0.29) is 18.0 Å². The quantitative estimate of drug-likeness (QED) is 0.790. The van der Waals surface area contributed by atoms with Gasteiger partial charge in [-0.1, -0.05) is 0 Å². The van der Waals surface area contributed by atoms with Gasteiger partial charge in [-0.25, -0.2) is 15.0 Å². The minimum atomic E-state index is -4.48. The summed E-state index contributed by atoms with van der Waals surface area (Å²) in [5, 5.41) is 0. The Kier molecular flexibility index (Phi) is 4.48. The number of hydrogen-bond donors (Lipinski definition) is 0. The summed E-state index contributed by atoms with van der Waals surface area (Å²) in [6, 6.07) is 2.77. The molecular weight excluding hydrogens is 361 g/mol. The number of ether oxygens (including phenoxy) is 1. The molecule has 1 unspecified atom stereocenters. The van der Waals surface area contributed by atoms with Crippen LogP contribution in [0, 0.1) is 0 Å². The molecule has 10 heteroatoms. The number of rotatable bonds is 5. The molecule has 1 saturated carbocycles. The third-order valence-electron chi connectivity index (χ3n) is 4.77. The van der Waals surface area contributed by atoms with E-state index in [9.17, 15) is 13.2 Å². The first-order valence-corrected chi connectivity index (χ1v) is 8.76. The van der Waals surface area contributed by atoms with E-state index in [2.05, 4.69) is 19.9 Å². The van der Waals surface area contributed by atoms with Crippen LogP contribution in [0.2, 0.25) is 0 Å². The Morgan fingerprint density at radius 1 is 1.07 bits per heavy atom. The lowest BCUT2D eigenvalue weighted by Crippen LogP contribution is -2.41. The smallest absolute Gasteiger partial charge is 0.433 e. The van der Waals surface area contributed by atoms with Crippen LogP contribution in [0.1, 0.15) is 25.0 Å². The largest absolute Gasteiger partial charge is 0.481 e. The fourth-order valence-corrected chi connectivity index (χ4v) is 3.36. The summed E-state index contributed by atoms with van der Waals surface area (Å²) in [4.78, 5) is 20.5. The Labute approximate surface area is 154 Å². The van der Waals surface area contributed by atoms with Crippen molar-refractivity contribution in [2.45, 2.75) is 37.5 Å². The van der Waals surface area contributed by atoms with Crippen molar-refractivity contribution in [2.75, 3.05) is 30.0 Å². The number of anilines is 2. The Hall–Kier alpha value is -2.65. The highest BCUT2D eigenvalue weighted by Crippen LogP contribution is 2.36. The number of hydrogen-bond acceptors (Lipinski definition) is 7. The predicted octanol–water partition coefficient (Wildman–Crippen LogP) is 2.54. The van der Waals surface area contributed by atoms with Gasteiger partial charge in [-0.3, -0.25) is 0 Å². The zero-order chi connectivity index (χ0) is 19.0. The fourth-order valence-electron chi connectivity index (χ4n) is 3.36. The Balaban J connectivity index is 1.56. The Morgan fingerprint density at radius 3 is 2.56 bits per heavy atom. The molecule has 0 N–H and O–H groups in total. The third kappa shape index (κ3) is 3.74. The first kappa shape index (κ1) is 17.7. The van der Waals surface area contributed by atoms with E-state index < -0.39 is 11.9 Å². The van der Waals surface area contributed by atoms with E-state index in [0.29, 0.717) is 24.9 Å². The van der Waals surface area contributed by atoms with Crippen molar-refractivity contribution < 1.29 is 17.9 Å². The SMILES string of the molecule is COc1ccnc(N2CCC(N(c3nccc(C(F)(F)F)n3)C3CC3)C2)n1. The van der Waals surface area contributed by atoms with Crippen LogP contribution in [0.4, 0.5) is 25.1 Å². The molecule has 0 amide bonds. The zero-order valence-electron chi connectivity index (χ0n) is 14.7. The fraction of sp³-hybridized carbons (Fsp3) is 0.529. The third-order valence-corrected chi connectivity index (χ3v) is 4.77. The molecule has 0 radical (unpaired) electrons. The van der Waals surface area contributed by atoms with Gasteiger partial charge in [-0.2, -0.15) is 18.2 Å². The molecule has 144 valence electrons. The van der Waals surface area contributed by atoms with Gasteiger partial charge in [0.1, 0.15) is 5.69 Å². The van der Waals surface area contributed by atoms with Crippen LogP contribution in [0.5, 0.6) is 5.88 Å². The summed E-state index contributed by atoms with van der Waals surface area (Å²) >= 11 is 0. The van der Waals surface area contributed by atoms with Crippen molar-refractivity contribution in [3.05, 3.63) is 30.2 Å². The van der Waals surface area contributed by atoms with Crippen LogP contribution in [-0.4, -0.2) is 52.2 Å². The first-order chi connectivity index (χ1) is 13.0. The number of methoxy groups -OCH3 is 1. The topological polar surface area (TPSA) is 67.3 Å². The van der Waals surface area contributed by atoms with E-state index in [4.69, 9.17) is 4.74 Å². The van der Waals surface area contributed by atoms with Crippen molar-refractivity contribution >= 4 is 11.9 Å². The van der Waals surface area contributed by atoms with Gasteiger partial charge in [0, 0.05) is 37.6 Å². The summed E-state index contributed by atoms with van der Waals surface area (Å²) in [5.74, 6) is 1.17. The van der Waals surface area contributed by atoms with E-state index >= 15 is 0 Å². The molecule has 3 heterocycles. The van der Waals surface area contributed by atoms with Crippen LogP contribution >= 0.6 is 0 Å². The molecule has 2 aliphatic rings. The average molecular weight is 380 g/mol. The highest BCUT2D eigenvalue weighted by Gasteiger charge is 2.40. The molecule has 7 nitrogen and oxygen atoms in total. The second-order valence-corrected chi connectivity index (χ2v) is 6.67. The van der Waals surface area contributed by atoms with Gasteiger partial charge >= 0.3 is 6.18 Å². The van der Waals surface area contributed by atoms with Crippen LogP contribution in [0.3, 0.4) is 0 Å². The standard InChI is InChI=1S/C17H19F3N6O/c1-27-14-5-8-21-15(24-14)25-9-6-12(10-25)26(11-2-3-11)16-22-7-4-13(23-16)17(18,19)20/h4-5,7-8,11-12H,2-3,6,9-10H2,1H3. The maximum absolute atomic E-state index is 13.0. The minimum absolute atomic E-state index is 0.00999. The molecule has 1 aliphatic heterocycles. The average Bonchev–Trinajstić information content (AvgIpc) is 3.37. The molecule has 2 aromatic rings. The molecule has 2 fully saturated rings. The molecule has 0 bridgehead atoms. The van der Waals surface area contributed by atoms with E-state index in [1.165, 1.54) is 6.20 Å². The Bertz CT molecular complexity index is 813. The van der Waals surface area contributed by atoms with Crippen molar-refractivity contribution in [1.29, 1.82) is 0 Å². The second kappa shape index (κ2) is 6.82. The number of aromatic nitrogens is 4. The molecule has 1 aliphatic carbocycles. The predicted molar refractivity (Wildman–Crippen MR) is 91.7 cm³/mol. The van der Waals surface area contributed by atoms with Crippen LogP contribution in [0.15, 0.2) is 24.5 Å². The van der Waals surface area contributed by atoms with E-state index in [0.717, 1.165) is 25.3 Å². The molecule has 1 saturated heterocycles. The molecular formula is C17H19F3N6O. The molecule has 0 aromatic carbocycles. The molecule has 2 aromatic heterocycles. The number of alkyl halides is 3. The second-order valence-electron chi connectivity index (χ2n) is 6.67. The summed E-state index contributed by atoms with van der Waals surface area (Å²) in [5.41, 5.74) is -0.913. The Morgan fingerprint density at radius 2 is 1.85 bits per heavy atom. The van der Waals surface area contributed by atoms with Gasteiger partial charge in [-0.05, 0) is 25.3 Å². The van der Waals surface area contributed by atoms with Gasteiger partial charge in [0.25, 0.3) is 0 Å². The normalized spacial score (nSPS) is 20.0. The highest BCUT2D eigenvalue weighted by molar-refractivity contribution is 5.42. The van der Waals surface area contributed by atoms with E-state index in [1.54, 1.807) is 19.4 Å². The summed E-state index contributed by atoms with van der Waals surface area (Å²) < 4.78 is 44.2. The van der Waals surface area contributed by atoms with Gasteiger partial charge in [0.2, 0.25) is 17.8 Å². The van der Waals surface area contributed by atoms with Crippen LogP contribution < -0.4 is 14.5 Å².